The van der Waals surface area contributed by atoms with Gasteiger partial charge in [0.25, 0.3) is 0 Å². The van der Waals surface area contributed by atoms with Crippen molar-refractivity contribution in [3.63, 3.8) is 0 Å². The SMILES string of the molecule is CCCCOc1ccccc1C1C(C#N)=C(N)Oc2cc(OC(=O)COc3ccc(C(C)(C)C)cc3)ccc21. The Morgan fingerprint density at radius 3 is 2.41 bits per heavy atom. The van der Waals surface area contributed by atoms with Crippen LogP contribution in [0.3, 0.4) is 0 Å². The lowest BCUT2D eigenvalue weighted by atomic mass is 9.83. The molecule has 1 heterocycles. The van der Waals surface area contributed by atoms with Gasteiger partial charge in [0.2, 0.25) is 5.88 Å². The summed E-state index contributed by atoms with van der Waals surface area (Å²) in [5.41, 5.74) is 9.21. The summed E-state index contributed by atoms with van der Waals surface area (Å²) in [6.45, 7) is 8.82. The molecule has 1 aliphatic rings. The van der Waals surface area contributed by atoms with Crippen molar-refractivity contribution in [3.05, 3.63) is 94.9 Å². The Bertz CT molecular complexity index is 1400. The number of carbonyl (C=O) groups is 1. The maximum Gasteiger partial charge on any atom is 0.349 e. The maximum absolute atomic E-state index is 12.5. The van der Waals surface area contributed by atoms with E-state index in [2.05, 4.69) is 33.8 Å². The van der Waals surface area contributed by atoms with Crippen molar-refractivity contribution in [3.8, 4) is 29.1 Å². The summed E-state index contributed by atoms with van der Waals surface area (Å²) in [4.78, 5) is 12.5. The molecule has 4 rings (SSSR count). The summed E-state index contributed by atoms with van der Waals surface area (Å²) in [5.74, 6) is 0.919. The molecule has 0 bridgehead atoms. The molecule has 0 saturated heterocycles. The van der Waals surface area contributed by atoms with Crippen molar-refractivity contribution in [1.29, 1.82) is 5.26 Å². The van der Waals surface area contributed by atoms with Crippen LogP contribution in [0.15, 0.2) is 78.2 Å². The first kappa shape index (κ1) is 27.6. The van der Waals surface area contributed by atoms with Crippen LogP contribution in [0.2, 0.25) is 0 Å². The number of nitrogens with zero attached hydrogens (tertiary/aromatic N) is 1. The molecule has 0 aliphatic carbocycles. The Kier molecular flexibility index (Phi) is 8.46. The first-order valence-electron chi connectivity index (χ1n) is 13.1. The number of unbranched alkanes of at least 4 members (excludes halogenated alkanes) is 1. The fourth-order valence-electron chi connectivity index (χ4n) is 4.35. The average molecular weight is 527 g/mol. The van der Waals surface area contributed by atoms with Gasteiger partial charge in [-0.15, -0.1) is 0 Å². The molecule has 0 amide bonds. The molecule has 0 fully saturated rings. The molecular formula is C32H34N2O5. The molecule has 2 N–H and O–H groups in total. The smallest absolute Gasteiger partial charge is 0.349 e. The molecule has 7 nitrogen and oxygen atoms in total. The monoisotopic (exact) mass is 526 g/mol. The largest absolute Gasteiger partial charge is 0.493 e. The zero-order valence-electron chi connectivity index (χ0n) is 22.8. The Labute approximate surface area is 229 Å². The first-order valence-corrected chi connectivity index (χ1v) is 13.1. The minimum atomic E-state index is -0.557. The summed E-state index contributed by atoms with van der Waals surface area (Å²) < 4.78 is 22.9. The zero-order chi connectivity index (χ0) is 28.0. The molecule has 202 valence electrons. The van der Waals surface area contributed by atoms with Crippen LogP contribution in [-0.2, 0) is 10.2 Å². The van der Waals surface area contributed by atoms with E-state index in [0.29, 0.717) is 29.4 Å². The third kappa shape index (κ3) is 6.53. The minimum Gasteiger partial charge on any atom is -0.493 e. The Hall–Kier alpha value is -4.44. The van der Waals surface area contributed by atoms with E-state index in [1.54, 1.807) is 18.2 Å². The number of nitriles is 1. The van der Waals surface area contributed by atoms with E-state index in [0.717, 1.165) is 24.0 Å². The van der Waals surface area contributed by atoms with Gasteiger partial charge in [0.15, 0.2) is 6.61 Å². The number of hydrogen-bond acceptors (Lipinski definition) is 7. The molecule has 7 heteroatoms. The first-order chi connectivity index (χ1) is 18.7. The van der Waals surface area contributed by atoms with Crippen LogP contribution in [0.1, 0.15) is 63.1 Å². The van der Waals surface area contributed by atoms with E-state index < -0.39 is 11.9 Å². The average Bonchev–Trinajstić information content (AvgIpc) is 2.91. The van der Waals surface area contributed by atoms with Crippen LogP contribution >= 0.6 is 0 Å². The quantitative estimate of drug-likeness (QED) is 0.196. The van der Waals surface area contributed by atoms with Gasteiger partial charge in [0.1, 0.15) is 34.6 Å². The third-order valence-corrected chi connectivity index (χ3v) is 6.48. The predicted octanol–water partition coefficient (Wildman–Crippen LogP) is 6.37. The second kappa shape index (κ2) is 12.0. The number of esters is 1. The van der Waals surface area contributed by atoms with Crippen molar-refractivity contribution in [2.45, 2.75) is 51.9 Å². The highest BCUT2D eigenvalue weighted by molar-refractivity contribution is 5.74. The number of nitrogens with two attached hydrogens (primary N) is 1. The second-order valence-electron chi connectivity index (χ2n) is 10.4. The highest BCUT2D eigenvalue weighted by Crippen LogP contribution is 2.45. The minimum absolute atomic E-state index is 0.00359. The predicted molar refractivity (Wildman–Crippen MR) is 149 cm³/mol. The number of fused-ring (bicyclic) bond motifs is 1. The fourth-order valence-corrected chi connectivity index (χ4v) is 4.35. The fraction of sp³-hybridized carbons (Fsp3) is 0.312. The lowest BCUT2D eigenvalue weighted by Gasteiger charge is -2.28. The number of carbonyl (C=O) groups excluding carboxylic acids is 1. The van der Waals surface area contributed by atoms with Gasteiger partial charge < -0.3 is 24.7 Å². The zero-order valence-corrected chi connectivity index (χ0v) is 22.8. The van der Waals surface area contributed by atoms with Gasteiger partial charge >= 0.3 is 5.97 Å². The highest BCUT2D eigenvalue weighted by Gasteiger charge is 2.33. The summed E-state index contributed by atoms with van der Waals surface area (Å²) in [6, 6.07) is 22.5. The summed E-state index contributed by atoms with van der Waals surface area (Å²) >= 11 is 0. The normalized spacial score (nSPS) is 14.6. The van der Waals surface area contributed by atoms with Crippen molar-refractivity contribution in [2.24, 2.45) is 5.73 Å². The summed E-state index contributed by atoms with van der Waals surface area (Å²) in [6.07, 6.45) is 1.93. The molecule has 0 saturated carbocycles. The van der Waals surface area contributed by atoms with E-state index >= 15 is 0 Å². The number of rotatable bonds is 9. The number of allylic oxidation sites excluding steroid dienone is 1. The van der Waals surface area contributed by atoms with Crippen LogP contribution in [0.4, 0.5) is 0 Å². The van der Waals surface area contributed by atoms with Crippen LogP contribution in [0, 0.1) is 11.3 Å². The van der Waals surface area contributed by atoms with Crippen LogP contribution in [0.5, 0.6) is 23.0 Å². The molecule has 1 unspecified atom stereocenters. The lowest BCUT2D eigenvalue weighted by Crippen LogP contribution is -2.22. The molecule has 0 radical (unpaired) electrons. The molecule has 0 aromatic heterocycles. The number of benzene rings is 3. The van der Waals surface area contributed by atoms with E-state index in [1.165, 1.54) is 5.56 Å². The molecule has 3 aromatic carbocycles. The van der Waals surface area contributed by atoms with Crippen molar-refractivity contribution in [2.75, 3.05) is 13.2 Å². The Morgan fingerprint density at radius 2 is 1.72 bits per heavy atom. The Morgan fingerprint density at radius 1 is 1.00 bits per heavy atom. The molecule has 0 spiro atoms. The third-order valence-electron chi connectivity index (χ3n) is 6.48. The number of ether oxygens (including phenoxy) is 4. The van der Waals surface area contributed by atoms with Gasteiger partial charge in [-0.3, -0.25) is 0 Å². The summed E-state index contributed by atoms with van der Waals surface area (Å²) in [7, 11) is 0. The van der Waals surface area contributed by atoms with Crippen molar-refractivity contribution in [1.82, 2.24) is 0 Å². The van der Waals surface area contributed by atoms with Gasteiger partial charge in [-0.05, 0) is 41.7 Å². The van der Waals surface area contributed by atoms with Crippen LogP contribution in [0.25, 0.3) is 0 Å². The molecule has 1 aliphatic heterocycles. The number of hydrogen-bond donors (Lipinski definition) is 1. The van der Waals surface area contributed by atoms with E-state index in [1.807, 2.05) is 48.5 Å². The lowest BCUT2D eigenvalue weighted by molar-refractivity contribution is -0.136. The van der Waals surface area contributed by atoms with Crippen LogP contribution in [-0.4, -0.2) is 19.2 Å². The molecule has 1 atom stereocenters. The maximum atomic E-state index is 12.5. The van der Waals surface area contributed by atoms with E-state index in [4.69, 9.17) is 24.7 Å². The van der Waals surface area contributed by atoms with Gasteiger partial charge in [-0.25, -0.2) is 4.79 Å². The summed E-state index contributed by atoms with van der Waals surface area (Å²) in [5, 5.41) is 9.91. The van der Waals surface area contributed by atoms with Gasteiger partial charge in [-0.1, -0.05) is 70.5 Å². The van der Waals surface area contributed by atoms with E-state index in [-0.39, 0.29) is 23.7 Å². The topological polar surface area (TPSA) is 104 Å². The number of para-hydroxylation sites is 1. The van der Waals surface area contributed by atoms with E-state index in [9.17, 15) is 10.1 Å². The molecule has 3 aromatic rings. The van der Waals surface area contributed by atoms with Crippen LogP contribution < -0.4 is 24.7 Å². The standard InChI is InChI=1S/C32H34N2O5/c1-5-6-17-36-27-10-8-7-9-24(27)30-25-16-15-23(18-28(25)39-31(34)26(30)19-33)38-29(35)20-37-22-13-11-21(12-14-22)32(2,3)4/h7-16,18,30H,5-6,17,20,34H2,1-4H3. The van der Waals surface area contributed by atoms with Crippen molar-refractivity contribution >= 4 is 5.97 Å². The second-order valence-corrected chi connectivity index (χ2v) is 10.4. The molecular weight excluding hydrogens is 492 g/mol. The van der Waals surface area contributed by atoms with Gasteiger partial charge in [0, 0.05) is 17.2 Å². The highest BCUT2D eigenvalue weighted by atomic mass is 16.6. The van der Waals surface area contributed by atoms with Gasteiger partial charge in [-0.2, -0.15) is 5.26 Å². The molecule has 39 heavy (non-hydrogen) atoms. The van der Waals surface area contributed by atoms with Crippen molar-refractivity contribution < 1.29 is 23.7 Å². The Balaban J connectivity index is 1.51. The van der Waals surface area contributed by atoms with Gasteiger partial charge in [0.05, 0.1) is 12.5 Å².